The lowest BCUT2D eigenvalue weighted by Gasteiger charge is -2.20. The fourth-order valence-electron chi connectivity index (χ4n) is 3.18. The van der Waals surface area contributed by atoms with E-state index in [1.54, 1.807) is 0 Å². The topological polar surface area (TPSA) is 88.5 Å². The summed E-state index contributed by atoms with van der Waals surface area (Å²) in [6, 6.07) is 2.17. The van der Waals surface area contributed by atoms with E-state index >= 15 is 0 Å². The number of H-pyrrole nitrogens is 1. The van der Waals surface area contributed by atoms with E-state index in [0.717, 1.165) is 30.5 Å². The van der Waals surface area contributed by atoms with E-state index in [9.17, 15) is 5.11 Å². The molecule has 0 radical (unpaired) electrons. The average Bonchev–Trinajstić information content (AvgIpc) is 3.18. The molecule has 24 heavy (non-hydrogen) atoms. The highest BCUT2D eigenvalue weighted by Gasteiger charge is 2.27. The van der Waals surface area contributed by atoms with Crippen LogP contribution < -0.4 is 4.90 Å². The van der Waals surface area contributed by atoms with Crippen molar-refractivity contribution in [3.05, 3.63) is 28.5 Å². The second-order valence-corrected chi connectivity index (χ2v) is 7.54. The summed E-state index contributed by atoms with van der Waals surface area (Å²) in [5.41, 5.74) is 2.99. The Hall–Kier alpha value is -1.48. The maximum Gasteiger partial charge on any atom is 0.185 e. The van der Waals surface area contributed by atoms with Crippen LogP contribution in [0.2, 0.25) is 0 Å². The Kier molecular flexibility index (Phi) is 4.53. The van der Waals surface area contributed by atoms with Gasteiger partial charge in [0.1, 0.15) is 0 Å². The van der Waals surface area contributed by atoms with Crippen LogP contribution in [-0.4, -0.2) is 62.6 Å². The standard InChI is InChI=1S/C16H23N5O2S/c22-9-13-10-24-16(17-13)21-4-3-20(7-14(23)8-21)6-12-5-15(19-18-12)11-1-2-11/h5,10-11,14,22-23H,1-4,6-9H2,(H,18,19)/t14-/m1/s1. The van der Waals surface area contributed by atoms with Crippen molar-refractivity contribution in [2.45, 2.75) is 38.0 Å². The minimum absolute atomic E-state index is 0.0395. The molecule has 0 spiro atoms. The molecule has 0 bridgehead atoms. The summed E-state index contributed by atoms with van der Waals surface area (Å²) in [7, 11) is 0. The van der Waals surface area contributed by atoms with Crippen LogP contribution in [0.4, 0.5) is 5.13 Å². The number of aliphatic hydroxyl groups excluding tert-OH is 2. The van der Waals surface area contributed by atoms with Crippen LogP contribution in [0.15, 0.2) is 11.4 Å². The first-order valence-electron chi connectivity index (χ1n) is 8.46. The highest BCUT2D eigenvalue weighted by atomic mass is 32.1. The molecule has 8 heteroatoms. The smallest absolute Gasteiger partial charge is 0.185 e. The first-order chi connectivity index (χ1) is 11.7. The maximum absolute atomic E-state index is 10.4. The molecule has 7 nitrogen and oxygen atoms in total. The van der Waals surface area contributed by atoms with Crippen molar-refractivity contribution in [3.63, 3.8) is 0 Å². The van der Waals surface area contributed by atoms with E-state index in [0.29, 0.717) is 24.7 Å². The van der Waals surface area contributed by atoms with Crippen molar-refractivity contribution in [1.82, 2.24) is 20.1 Å². The van der Waals surface area contributed by atoms with Gasteiger partial charge < -0.3 is 15.1 Å². The predicted molar refractivity (Wildman–Crippen MR) is 92.1 cm³/mol. The second kappa shape index (κ2) is 6.79. The van der Waals surface area contributed by atoms with Gasteiger partial charge >= 0.3 is 0 Å². The van der Waals surface area contributed by atoms with Gasteiger partial charge in [-0.2, -0.15) is 5.10 Å². The monoisotopic (exact) mass is 349 g/mol. The maximum atomic E-state index is 10.4. The molecule has 1 aliphatic carbocycles. The minimum Gasteiger partial charge on any atom is -0.390 e. The molecule has 2 aliphatic rings. The van der Waals surface area contributed by atoms with Crippen molar-refractivity contribution in [1.29, 1.82) is 0 Å². The summed E-state index contributed by atoms with van der Waals surface area (Å²) in [5.74, 6) is 0.658. The normalized spacial score (nSPS) is 22.8. The Balaban J connectivity index is 1.39. The zero-order valence-corrected chi connectivity index (χ0v) is 14.4. The van der Waals surface area contributed by atoms with Gasteiger partial charge in [-0.3, -0.25) is 10.00 Å². The van der Waals surface area contributed by atoms with Crippen molar-refractivity contribution in [2.75, 3.05) is 31.1 Å². The fourth-order valence-corrected chi connectivity index (χ4v) is 4.03. The third-order valence-electron chi connectivity index (χ3n) is 4.60. The average molecular weight is 349 g/mol. The first kappa shape index (κ1) is 16.0. The number of hydrogen-bond acceptors (Lipinski definition) is 7. The van der Waals surface area contributed by atoms with Crippen LogP contribution in [0, 0.1) is 0 Å². The highest BCUT2D eigenvalue weighted by molar-refractivity contribution is 7.13. The van der Waals surface area contributed by atoms with E-state index in [4.69, 9.17) is 5.11 Å². The minimum atomic E-state index is -0.417. The fraction of sp³-hybridized carbons (Fsp3) is 0.625. The van der Waals surface area contributed by atoms with Crippen LogP contribution in [0.1, 0.15) is 35.8 Å². The molecule has 2 fully saturated rings. The zero-order valence-electron chi connectivity index (χ0n) is 13.6. The summed E-state index contributed by atoms with van der Waals surface area (Å²) < 4.78 is 0. The largest absolute Gasteiger partial charge is 0.390 e. The van der Waals surface area contributed by atoms with Gasteiger partial charge in [0.2, 0.25) is 0 Å². The summed E-state index contributed by atoms with van der Waals surface area (Å²) in [5, 5.41) is 29.8. The van der Waals surface area contributed by atoms with Gasteiger partial charge in [-0.05, 0) is 18.9 Å². The number of aliphatic hydroxyl groups is 2. The Morgan fingerprint density at radius 2 is 2.17 bits per heavy atom. The Morgan fingerprint density at radius 1 is 1.29 bits per heavy atom. The number of nitrogens with one attached hydrogen (secondary N) is 1. The van der Waals surface area contributed by atoms with Crippen molar-refractivity contribution in [2.24, 2.45) is 0 Å². The van der Waals surface area contributed by atoms with Crippen molar-refractivity contribution in [3.8, 4) is 0 Å². The van der Waals surface area contributed by atoms with Gasteiger partial charge in [0, 0.05) is 49.7 Å². The molecule has 1 saturated heterocycles. The third kappa shape index (κ3) is 3.61. The summed E-state index contributed by atoms with van der Waals surface area (Å²) in [4.78, 5) is 8.78. The molecule has 2 aromatic rings. The van der Waals surface area contributed by atoms with E-state index in [1.165, 1.54) is 29.9 Å². The predicted octanol–water partition coefficient (Wildman–Crippen LogP) is 0.919. The van der Waals surface area contributed by atoms with Gasteiger partial charge in [-0.1, -0.05) is 0 Å². The lowest BCUT2D eigenvalue weighted by atomic mass is 10.2. The molecule has 3 heterocycles. The molecule has 0 amide bonds. The molecular formula is C16H23N5O2S. The van der Waals surface area contributed by atoms with Gasteiger partial charge in [0.25, 0.3) is 0 Å². The molecule has 1 aliphatic heterocycles. The molecule has 1 saturated carbocycles. The number of anilines is 1. The Labute approximate surface area is 144 Å². The zero-order chi connectivity index (χ0) is 16.5. The number of β-amino-alcohol motifs (C(OH)–C–C–N with tert-alkyl or cyclic N) is 1. The Morgan fingerprint density at radius 3 is 2.92 bits per heavy atom. The number of aromatic amines is 1. The van der Waals surface area contributed by atoms with Gasteiger partial charge in [0.05, 0.1) is 24.1 Å². The van der Waals surface area contributed by atoms with Crippen molar-refractivity contribution >= 4 is 16.5 Å². The molecule has 2 aromatic heterocycles. The highest BCUT2D eigenvalue weighted by Crippen LogP contribution is 2.39. The molecule has 0 unspecified atom stereocenters. The van der Waals surface area contributed by atoms with Gasteiger partial charge in [0.15, 0.2) is 5.13 Å². The molecule has 4 rings (SSSR count). The van der Waals surface area contributed by atoms with Crippen LogP contribution in [0.25, 0.3) is 0 Å². The summed E-state index contributed by atoms with van der Waals surface area (Å²) in [6.07, 6.45) is 2.09. The van der Waals surface area contributed by atoms with Gasteiger partial charge in [-0.25, -0.2) is 4.98 Å². The summed E-state index contributed by atoms with van der Waals surface area (Å²) >= 11 is 1.52. The number of hydrogen-bond donors (Lipinski definition) is 3. The SMILES string of the molecule is OCc1csc(N2CCN(Cc3cc(C4CC4)n[nH]3)C[C@@H](O)C2)n1. The number of nitrogens with zero attached hydrogens (tertiary/aromatic N) is 4. The third-order valence-corrected chi connectivity index (χ3v) is 5.55. The van der Waals surface area contributed by atoms with E-state index < -0.39 is 6.10 Å². The number of thiazole rings is 1. The quantitative estimate of drug-likeness (QED) is 0.744. The van der Waals surface area contributed by atoms with Gasteiger partial charge in [-0.15, -0.1) is 11.3 Å². The lowest BCUT2D eigenvalue weighted by molar-refractivity contribution is 0.128. The van der Waals surface area contributed by atoms with E-state index in [2.05, 4.69) is 31.0 Å². The lowest BCUT2D eigenvalue weighted by Crippen LogP contribution is -2.33. The molecule has 1 atom stereocenters. The van der Waals surface area contributed by atoms with Crippen LogP contribution in [-0.2, 0) is 13.2 Å². The number of aromatic nitrogens is 3. The molecule has 3 N–H and O–H groups in total. The summed E-state index contributed by atoms with van der Waals surface area (Å²) in [6.45, 7) is 3.65. The molecule has 0 aromatic carbocycles. The van der Waals surface area contributed by atoms with Crippen LogP contribution >= 0.6 is 11.3 Å². The second-order valence-electron chi connectivity index (χ2n) is 6.71. The van der Waals surface area contributed by atoms with Crippen molar-refractivity contribution < 1.29 is 10.2 Å². The Bertz CT molecular complexity index is 684. The van der Waals surface area contributed by atoms with E-state index in [1.807, 2.05) is 5.38 Å². The van der Waals surface area contributed by atoms with Crippen LogP contribution in [0.5, 0.6) is 0 Å². The number of rotatable bonds is 5. The molecular weight excluding hydrogens is 326 g/mol. The molecule has 130 valence electrons. The first-order valence-corrected chi connectivity index (χ1v) is 9.34. The van der Waals surface area contributed by atoms with E-state index in [-0.39, 0.29) is 6.61 Å². The van der Waals surface area contributed by atoms with Crippen LogP contribution in [0.3, 0.4) is 0 Å².